The Morgan fingerprint density at radius 2 is 1.81 bits per heavy atom. The molecular formula is C26H23ClN4O. The molecule has 1 aliphatic heterocycles. The largest absolute Gasteiger partial charge is 0.323 e. The highest BCUT2D eigenvalue weighted by Crippen LogP contribution is 2.28. The molecule has 0 saturated heterocycles. The van der Waals surface area contributed by atoms with Crippen LogP contribution < -0.4 is 10.6 Å². The molecule has 2 N–H and O–H groups in total. The number of para-hydroxylation sites is 1. The van der Waals surface area contributed by atoms with E-state index in [-0.39, 0.29) is 6.03 Å². The van der Waals surface area contributed by atoms with E-state index < -0.39 is 0 Å². The Morgan fingerprint density at radius 3 is 2.69 bits per heavy atom. The molecule has 0 radical (unpaired) electrons. The zero-order valence-electron chi connectivity index (χ0n) is 17.5. The Hall–Kier alpha value is -3.41. The van der Waals surface area contributed by atoms with Crippen LogP contribution in [-0.2, 0) is 19.5 Å². The number of fused-ring (bicyclic) bond motifs is 2. The first-order chi connectivity index (χ1) is 15.7. The number of hydrogen-bond donors (Lipinski definition) is 2. The van der Waals surface area contributed by atoms with Crippen LogP contribution in [0.25, 0.3) is 10.9 Å². The first-order valence-corrected chi connectivity index (χ1v) is 11.0. The van der Waals surface area contributed by atoms with Gasteiger partial charge >= 0.3 is 6.03 Å². The van der Waals surface area contributed by atoms with E-state index in [0.29, 0.717) is 10.7 Å². The summed E-state index contributed by atoms with van der Waals surface area (Å²) in [6, 6.07) is 23.3. The zero-order valence-corrected chi connectivity index (χ0v) is 18.3. The molecule has 5 rings (SSSR count). The highest BCUT2D eigenvalue weighted by molar-refractivity contribution is 6.30. The number of nitrogens with zero attached hydrogens (tertiary/aromatic N) is 2. The molecule has 0 aliphatic carbocycles. The number of anilines is 2. The standard InChI is InChI=1S/C26H23ClN4O/c27-20-8-10-21(11-9-20)29-26(32)30-25-7-3-4-18-16-31(15-13-23(18)25)17-19-12-14-28-24-6-2-1-5-22(19)24/h1-12,14H,13,15-17H2,(H2,29,30,32). The second kappa shape index (κ2) is 8.99. The molecule has 4 aromatic rings. The maximum atomic E-state index is 12.5. The lowest BCUT2D eigenvalue weighted by Gasteiger charge is -2.30. The number of urea groups is 1. The fourth-order valence-electron chi connectivity index (χ4n) is 4.27. The first kappa shape index (κ1) is 20.5. The highest BCUT2D eigenvalue weighted by atomic mass is 35.5. The summed E-state index contributed by atoms with van der Waals surface area (Å²) in [4.78, 5) is 19.4. The summed E-state index contributed by atoms with van der Waals surface area (Å²) in [5, 5.41) is 7.71. The maximum Gasteiger partial charge on any atom is 0.323 e. The van der Waals surface area contributed by atoms with E-state index in [1.807, 2.05) is 24.4 Å². The average Bonchev–Trinajstić information content (AvgIpc) is 2.81. The van der Waals surface area contributed by atoms with Gasteiger partial charge in [-0.25, -0.2) is 4.79 Å². The summed E-state index contributed by atoms with van der Waals surface area (Å²) in [6.45, 7) is 2.65. The molecule has 0 unspecified atom stereocenters. The van der Waals surface area contributed by atoms with Crippen molar-refractivity contribution in [2.75, 3.05) is 17.2 Å². The van der Waals surface area contributed by atoms with Crippen LogP contribution in [0.4, 0.5) is 16.2 Å². The number of amides is 2. The van der Waals surface area contributed by atoms with E-state index in [9.17, 15) is 4.79 Å². The molecule has 32 heavy (non-hydrogen) atoms. The Morgan fingerprint density at radius 1 is 0.969 bits per heavy atom. The van der Waals surface area contributed by atoms with Gasteiger partial charge in [0.15, 0.2) is 0 Å². The molecule has 6 heteroatoms. The van der Waals surface area contributed by atoms with E-state index in [1.54, 1.807) is 24.3 Å². The Kier molecular flexibility index (Phi) is 5.75. The summed E-state index contributed by atoms with van der Waals surface area (Å²) >= 11 is 5.91. The average molecular weight is 443 g/mol. The fraction of sp³-hybridized carbons (Fsp3) is 0.154. The number of nitrogens with one attached hydrogen (secondary N) is 2. The van der Waals surface area contributed by atoms with Gasteiger partial charge in [-0.1, -0.05) is 41.9 Å². The van der Waals surface area contributed by atoms with Gasteiger partial charge in [0.25, 0.3) is 0 Å². The number of aromatic nitrogens is 1. The number of hydrogen-bond acceptors (Lipinski definition) is 3. The molecule has 2 heterocycles. The van der Waals surface area contributed by atoms with Crippen molar-refractivity contribution in [1.29, 1.82) is 0 Å². The van der Waals surface area contributed by atoms with Crippen LogP contribution in [0.3, 0.4) is 0 Å². The number of benzene rings is 3. The van der Waals surface area contributed by atoms with Gasteiger partial charge in [0.05, 0.1) is 5.52 Å². The van der Waals surface area contributed by atoms with Crippen LogP contribution >= 0.6 is 11.6 Å². The second-order valence-electron chi connectivity index (χ2n) is 7.98. The van der Waals surface area contributed by atoms with Gasteiger partial charge in [0.2, 0.25) is 0 Å². The third-order valence-corrected chi connectivity index (χ3v) is 6.08. The van der Waals surface area contributed by atoms with Crippen molar-refractivity contribution in [1.82, 2.24) is 9.88 Å². The van der Waals surface area contributed by atoms with Crippen LogP contribution in [0.15, 0.2) is 79.0 Å². The second-order valence-corrected chi connectivity index (χ2v) is 8.41. The smallest absolute Gasteiger partial charge is 0.308 e. The minimum atomic E-state index is -0.258. The highest BCUT2D eigenvalue weighted by Gasteiger charge is 2.20. The van der Waals surface area contributed by atoms with Crippen molar-refractivity contribution in [2.45, 2.75) is 19.5 Å². The minimum absolute atomic E-state index is 0.258. The van der Waals surface area contributed by atoms with E-state index in [4.69, 9.17) is 11.6 Å². The Bertz CT molecular complexity index is 1270. The van der Waals surface area contributed by atoms with Crippen molar-refractivity contribution in [3.05, 3.63) is 101 Å². The Balaban J connectivity index is 1.29. The Labute approximate surface area is 192 Å². The van der Waals surface area contributed by atoms with Crippen molar-refractivity contribution in [3.63, 3.8) is 0 Å². The summed E-state index contributed by atoms with van der Waals surface area (Å²) in [7, 11) is 0. The summed E-state index contributed by atoms with van der Waals surface area (Å²) in [6.07, 6.45) is 2.77. The number of halogens is 1. The SMILES string of the molecule is O=C(Nc1ccc(Cl)cc1)Nc1cccc2c1CCN(Cc1ccnc3ccccc13)C2. The monoisotopic (exact) mass is 442 g/mol. The van der Waals surface area contributed by atoms with Gasteiger partial charge in [-0.3, -0.25) is 9.88 Å². The number of rotatable bonds is 4. The number of carbonyl (C=O) groups excluding carboxylic acids is 1. The van der Waals surface area contributed by atoms with Crippen molar-refractivity contribution < 1.29 is 4.79 Å². The van der Waals surface area contributed by atoms with Gasteiger partial charge in [-0.15, -0.1) is 0 Å². The predicted molar refractivity (Wildman–Crippen MR) is 130 cm³/mol. The zero-order chi connectivity index (χ0) is 21.9. The lowest BCUT2D eigenvalue weighted by atomic mass is 9.97. The van der Waals surface area contributed by atoms with Gasteiger partial charge in [-0.2, -0.15) is 0 Å². The van der Waals surface area contributed by atoms with E-state index >= 15 is 0 Å². The van der Waals surface area contributed by atoms with Gasteiger partial charge in [0.1, 0.15) is 0 Å². The van der Waals surface area contributed by atoms with E-state index in [1.165, 1.54) is 22.1 Å². The lowest BCUT2D eigenvalue weighted by molar-refractivity contribution is 0.246. The quantitative estimate of drug-likeness (QED) is 0.402. The molecule has 3 aromatic carbocycles. The third-order valence-electron chi connectivity index (χ3n) is 5.83. The molecule has 2 amide bonds. The van der Waals surface area contributed by atoms with Crippen LogP contribution in [-0.4, -0.2) is 22.5 Å². The lowest BCUT2D eigenvalue weighted by Crippen LogP contribution is -2.31. The molecule has 0 bridgehead atoms. The van der Waals surface area contributed by atoms with Crippen molar-refractivity contribution in [3.8, 4) is 0 Å². The van der Waals surface area contributed by atoms with Gasteiger partial charge < -0.3 is 10.6 Å². The number of pyridine rings is 1. The summed E-state index contributed by atoms with van der Waals surface area (Å²) in [5.74, 6) is 0. The molecule has 0 saturated carbocycles. The molecular weight excluding hydrogens is 420 g/mol. The van der Waals surface area contributed by atoms with Gasteiger partial charge in [-0.05, 0) is 65.6 Å². The molecule has 5 nitrogen and oxygen atoms in total. The summed E-state index contributed by atoms with van der Waals surface area (Å²) in [5.41, 5.74) is 6.33. The molecule has 160 valence electrons. The topological polar surface area (TPSA) is 57.3 Å². The van der Waals surface area contributed by atoms with Crippen LogP contribution in [0.1, 0.15) is 16.7 Å². The fourth-order valence-corrected chi connectivity index (χ4v) is 4.40. The predicted octanol–water partition coefficient (Wildman–Crippen LogP) is 6.09. The van der Waals surface area contributed by atoms with Crippen LogP contribution in [0, 0.1) is 0 Å². The first-order valence-electron chi connectivity index (χ1n) is 10.6. The minimum Gasteiger partial charge on any atom is -0.308 e. The number of carbonyl (C=O) groups is 1. The van der Waals surface area contributed by atoms with Crippen LogP contribution in [0.2, 0.25) is 5.02 Å². The third kappa shape index (κ3) is 4.44. The summed E-state index contributed by atoms with van der Waals surface area (Å²) < 4.78 is 0. The van der Waals surface area contributed by atoms with Crippen molar-refractivity contribution in [2.24, 2.45) is 0 Å². The molecule has 0 atom stereocenters. The van der Waals surface area contributed by atoms with Crippen molar-refractivity contribution >= 4 is 39.9 Å². The normalized spacial score (nSPS) is 13.5. The van der Waals surface area contributed by atoms with E-state index in [0.717, 1.165) is 37.3 Å². The molecule has 1 aromatic heterocycles. The molecule has 1 aliphatic rings. The van der Waals surface area contributed by atoms with Crippen LogP contribution in [0.5, 0.6) is 0 Å². The van der Waals surface area contributed by atoms with Gasteiger partial charge in [0, 0.05) is 47.6 Å². The maximum absolute atomic E-state index is 12.5. The molecule has 0 spiro atoms. The van der Waals surface area contributed by atoms with E-state index in [2.05, 4.69) is 50.8 Å². The molecule has 0 fully saturated rings.